The number of nitrogens with two attached hydrogens (primary N) is 1. The number of ether oxygens (including phenoxy) is 1. The van der Waals surface area contributed by atoms with E-state index in [1.165, 1.54) is 30.4 Å². The van der Waals surface area contributed by atoms with Crippen LogP contribution >= 0.6 is 23.4 Å². The summed E-state index contributed by atoms with van der Waals surface area (Å²) in [5.41, 5.74) is 8.73. The topological polar surface area (TPSA) is 132 Å². The Labute approximate surface area is 234 Å². The summed E-state index contributed by atoms with van der Waals surface area (Å²) in [5.74, 6) is 0.542. The van der Waals surface area contributed by atoms with Crippen LogP contribution in [0.1, 0.15) is 30.3 Å². The molecule has 200 valence electrons. The average molecular weight is 563 g/mol. The molecule has 0 radical (unpaired) electrons. The Hall–Kier alpha value is -3.38. The third kappa shape index (κ3) is 5.14. The second-order valence-electron chi connectivity index (χ2n) is 9.89. The molecule has 2 aliphatic heterocycles. The Morgan fingerprint density at radius 1 is 1.15 bits per heavy atom. The zero-order valence-corrected chi connectivity index (χ0v) is 22.8. The van der Waals surface area contributed by atoms with E-state index in [1.807, 2.05) is 24.3 Å². The number of aromatic nitrogens is 5. The van der Waals surface area contributed by atoms with E-state index in [2.05, 4.69) is 37.1 Å². The number of pyridine rings is 1. The molecule has 2 fully saturated rings. The maximum Gasteiger partial charge on any atom is 0.274 e. The molecule has 2 aliphatic rings. The summed E-state index contributed by atoms with van der Waals surface area (Å²) in [6.45, 7) is 4.58. The SMILES string of the molecule is C[C@@H]1OCC2(CCN(c3ccc4nc(Sc5cccc(NC(=O)c6ccncn6)c5Cl)ncc4n3)CC2)[C@@H]1N. The second kappa shape index (κ2) is 10.6. The molecule has 12 heteroatoms. The first kappa shape index (κ1) is 25.9. The van der Waals surface area contributed by atoms with Crippen LogP contribution in [0.3, 0.4) is 0 Å². The third-order valence-corrected chi connectivity index (χ3v) is 9.02. The number of amides is 1. The highest BCUT2D eigenvalue weighted by molar-refractivity contribution is 7.99. The summed E-state index contributed by atoms with van der Waals surface area (Å²) in [6, 6.07) is 11.0. The highest BCUT2D eigenvalue weighted by atomic mass is 35.5. The molecule has 1 aromatic carbocycles. The molecule has 3 N–H and O–H groups in total. The molecule has 0 bridgehead atoms. The van der Waals surface area contributed by atoms with Crippen molar-refractivity contribution in [3.8, 4) is 0 Å². The summed E-state index contributed by atoms with van der Waals surface area (Å²) >= 11 is 7.94. The van der Waals surface area contributed by atoms with Crippen LogP contribution in [0.25, 0.3) is 11.0 Å². The van der Waals surface area contributed by atoms with Crippen LogP contribution in [-0.4, -0.2) is 62.7 Å². The highest BCUT2D eigenvalue weighted by Crippen LogP contribution is 2.42. The number of carbonyl (C=O) groups excluding carboxylic acids is 1. The van der Waals surface area contributed by atoms with Gasteiger partial charge in [-0.05, 0) is 61.9 Å². The highest BCUT2D eigenvalue weighted by Gasteiger charge is 2.47. The molecule has 1 spiro atoms. The van der Waals surface area contributed by atoms with Gasteiger partial charge in [0.2, 0.25) is 0 Å². The van der Waals surface area contributed by atoms with Crippen molar-refractivity contribution >= 4 is 51.8 Å². The Kier molecular flexibility index (Phi) is 7.06. The van der Waals surface area contributed by atoms with Crippen LogP contribution in [0.15, 0.2) is 65.2 Å². The van der Waals surface area contributed by atoms with Gasteiger partial charge in [0, 0.05) is 35.6 Å². The maximum atomic E-state index is 12.5. The van der Waals surface area contributed by atoms with E-state index in [9.17, 15) is 4.79 Å². The van der Waals surface area contributed by atoms with Crippen molar-refractivity contribution in [1.82, 2.24) is 24.9 Å². The van der Waals surface area contributed by atoms with Gasteiger partial charge in [-0.15, -0.1) is 0 Å². The summed E-state index contributed by atoms with van der Waals surface area (Å²) in [5, 5.41) is 3.72. The molecule has 0 saturated carbocycles. The van der Waals surface area contributed by atoms with E-state index in [0.717, 1.165) is 49.4 Å². The number of benzene rings is 1. The smallest absolute Gasteiger partial charge is 0.274 e. The lowest BCUT2D eigenvalue weighted by molar-refractivity contribution is 0.0974. The van der Waals surface area contributed by atoms with Gasteiger partial charge in [0.05, 0.1) is 35.1 Å². The molecule has 3 aromatic heterocycles. The van der Waals surface area contributed by atoms with Crippen LogP contribution in [0, 0.1) is 5.41 Å². The largest absolute Gasteiger partial charge is 0.376 e. The van der Waals surface area contributed by atoms with Gasteiger partial charge in [0.15, 0.2) is 5.16 Å². The number of fused-ring (bicyclic) bond motifs is 1. The van der Waals surface area contributed by atoms with Crippen LogP contribution < -0.4 is 16.0 Å². The fraction of sp³-hybridized carbons (Fsp3) is 0.333. The van der Waals surface area contributed by atoms with E-state index >= 15 is 0 Å². The number of piperidine rings is 1. The van der Waals surface area contributed by atoms with E-state index in [1.54, 1.807) is 12.3 Å². The van der Waals surface area contributed by atoms with Gasteiger partial charge < -0.3 is 20.7 Å². The zero-order chi connectivity index (χ0) is 27.0. The number of rotatable bonds is 5. The fourth-order valence-electron chi connectivity index (χ4n) is 5.17. The van der Waals surface area contributed by atoms with Crippen LogP contribution in [0.4, 0.5) is 11.5 Å². The number of anilines is 2. The van der Waals surface area contributed by atoms with Crippen LogP contribution in [0.5, 0.6) is 0 Å². The van der Waals surface area contributed by atoms with Crippen LogP contribution in [0.2, 0.25) is 5.02 Å². The maximum absolute atomic E-state index is 12.5. The van der Waals surface area contributed by atoms with Crippen molar-refractivity contribution in [2.45, 2.75) is 42.0 Å². The van der Waals surface area contributed by atoms with Gasteiger partial charge >= 0.3 is 0 Å². The third-order valence-electron chi connectivity index (χ3n) is 7.56. The number of halogens is 1. The van der Waals surface area contributed by atoms with Crippen molar-refractivity contribution in [2.24, 2.45) is 11.1 Å². The minimum absolute atomic E-state index is 0.0688. The molecular formula is C27H27ClN8O2S. The molecule has 6 rings (SSSR count). The lowest BCUT2D eigenvalue weighted by Gasteiger charge is -2.41. The molecule has 10 nitrogen and oxygen atoms in total. The van der Waals surface area contributed by atoms with Gasteiger partial charge in [-0.3, -0.25) is 4.79 Å². The first-order valence-corrected chi connectivity index (χ1v) is 13.9. The molecule has 39 heavy (non-hydrogen) atoms. The Balaban J connectivity index is 1.15. The molecule has 0 aliphatic carbocycles. The quantitative estimate of drug-likeness (QED) is 0.341. The van der Waals surface area contributed by atoms with Gasteiger partial charge in [-0.2, -0.15) is 0 Å². The van der Waals surface area contributed by atoms with E-state index < -0.39 is 0 Å². The molecule has 4 aromatic rings. The van der Waals surface area contributed by atoms with E-state index in [-0.39, 0.29) is 29.2 Å². The van der Waals surface area contributed by atoms with Crippen molar-refractivity contribution in [1.29, 1.82) is 0 Å². The minimum Gasteiger partial charge on any atom is -0.376 e. The average Bonchev–Trinajstić information content (AvgIpc) is 3.24. The molecular weight excluding hydrogens is 536 g/mol. The van der Waals surface area contributed by atoms with Gasteiger partial charge in [0.1, 0.15) is 23.4 Å². The Morgan fingerprint density at radius 3 is 2.74 bits per heavy atom. The van der Waals surface area contributed by atoms with Crippen molar-refractivity contribution in [3.63, 3.8) is 0 Å². The number of nitrogens with zero attached hydrogens (tertiary/aromatic N) is 6. The standard InChI is InChI=1S/C27H27ClN8O2S/c1-16-24(29)27(14-38-16)8-11-36(12-9-27)22-6-5-17-20(33-22)13-31-26(35-17)39-21-4-2-3-18(23(21)28)34-25(37)19-7-10-30-15-32-19/h2-7,10,13,15-16,24H,8-9,11-12,14,29H2,1H3,(H,34,37)/t16-,24+/m0/s1. The lowest BCUT2D eigenvalue weighted by atomic mass is 9.73. The predicted molar refractivity (Wildman–Crippen MR) is 150 cm³/mol. The molecule has 0 unspecified atom stereocenters. The van der Waals surface area contributed by atoms with E-state index in [4.69, 9.17) is 27.1 Å². The van der Waals surface area contributed by atoms with Gasteiger partial charge in [-0.1, -0.05) is 17.7 Å². The first-order valence-electron chi connectivity index (χ1n) is 12.7. The Morgan fingerprint density at radius 2 is 2.00 bits per heavy atom. The monoisotopic (exact) mass is 562 g/mol. The van der Waals surface area contributed by atoms with Crippen molar-refractivity contribution < 1.29 is 9.53 Å². The Bertz CT molecular complexity index is 1520. The molecule has 5 heterocycles. The lowest BCUT2D eigenvalue weighted by Crippen LogP contribution is -2.50. The van der Waals surface area contributed by atoms with Crippen LogP contribution in [-0.2, 0) is 4.74 Å². The van der Waals surface area contributed by atoms with Crippen molar-refractivity contribution in [3.05, 3.63) is 65.8 Å². The van der Waals surface area contributed by atoms with Gasteiger partial charge in [-0.25, -0.2) is 24.9 Å². The van der Waals surface area contributed by atoms with E-state index in [0.29, 0.717) is 20.8 Å². The molecule has 2 atom stereocenters. The molecule has 1 amide bonds. The summed E-state index contributed by atoms with van der Waals surface area (Å²) in [4.78, 5) is 37.4. The number of hydrogen-bond donors (Lipinski definition) is 2. The minimum atomic E-state index is -0.372. The van der Waals surface area contributed by atoms with Gasteiger partial charge in [0.25, 0.3) is 5.91 Å². The predicted octanol–water partition coefficient (Wildman–Crippen LogP) is 4.20. The number of nitrogens with one attached hydrogen (secondary N) is 1. The molecule has 2 saturated heterocycles. The second-order valence-corrected chi connectivity index (χ2v) is 11.3. The number of hydrogen-bond acceptors (Lipinski definition) is 10. The normalized spacial score (nSPS) is 20.4. The number of carbonyl (C=O) groups is 1. The summed E-state index contributed by atoms with van der Waals surface area (Å²) in [6.07, 6.45) is 6.65. The zero-order valence-electron chi connectivity index (χ0n) is 21.2. The first-order chi connectivity index (χ1) is 18.9. The summed E-state index contributed by atoms with van der Waals surface area (Å²) < 4.78 is 5.85. The van der Waals surface area contributed by atoms with Crippen molar-refractivity contribution in [2.75, 3.05) is 29.9 Å². The fourth-order valence-corrected chi connectivity index (χ4v) is 6.25. The summed E-state index contributed by atoms with van der Waals surface area (Å²) in [7, 11) is 0.